The highest BCUT2D eigenvalue weighted by atomic mass is 16.3. The smallest absolute Gasteiger partial charge is 0.0459 e. The van der Waals surface area contributed by atoms with Gasteiger partial charge < -0.3 is 10.0 Å². The van der Waals surface area contributed by atoms with Gasteiger partial charge in [0, 0.05) is 12.6 Å². The zero-order valence-corrected chi connectivity index (χ0v) is 8.41. The largest absolute Gasteiger partial charge is 0.396 e. The van der Waals surface area contributed by atoms with Crippen LogP contribution in [0.15, 0.2) is 0 Å². The number of aliphatic hydroxyl groups excluding tert-OH is 1. The van der Waals surface area contributed by atoms with Gasteiger partial charge in [-0.3, -0.25) is 0 Å². The lowest BCUT2D eigenvalue weighted by molar-refractivity contribution is 0.128. The fraction of sp³-hybridized carbons (Fsp3) is 1.00. The lowest BCUT2D eigenvalue weighted by atomic mass is 9.91. The summed E-state index contributed by atoms with van der Waals surface area (Å²) in [5.74, 6) is 0.588. The molecule has 0 aromatic rings. The van der Waals surface area contributed by atoms with Crippen LogP contribution < -0.4 is 0 Å². The minimum Gasteiger partial charge on any atom is -0.396 e. The number of rotatable bonds is 2. The van der Waals surface area contributed by atoms with Crippen molar-refractivity contribution in [3.05, 3.63) is 0 Å². The van der Waals surface area contributed by atoms with Crippen molar-refractivity contribution in [2.75, 3.05) is 19.7 Å². The van der Waals surface area contributed by atoms with E-state index in [2.05, 4.69) is 4.90 Å². The molecule has 0 amide bonds. The topological polar surface area (TPSA) is 23.5 Å². The van der Waals surface area contributed by atoms with Crippen LogP contribution in [0, 0.1) is 5.92 Å². The number of hydrogen-bond acceptors (Lipinski definition) is 2. The predicted octanol–water partition coefficient (Wildman–Crippen LogP) is 1.63. The summed E-state index contributed by atoms with van der Waals surface area (Å²) < 4.78 is 0. The Morgan fingerprint density at radius 3 is 2.46 bits per heavy atom. The maximum absolute atomic E-state index is 9.09. The standard InChI is InChI=1S/C11H21NO/c13-9-10-3-2-7-12(8-6-10)11-4-1-5-11/h10-11,13H,1-9H2. The van der Waals surface area contributed by atoms with E-state index in [9.17, 15) is 0 Å². The average Bonchev–Trinajstić information content (AvgIpc) is 2.27. The molecule has 1 saturated heterocycles. The Balaban J connectivity index is 1.79. The van der Waals surface area contributed by atoms with E-state index < -0.39 is 0 Å². The Labute approximate surface area is 80.9 Å². The first kappa shape index (κ1) is 9.47. The molecule has 2 nitrogen and oxygen atoms in total. The van der Waals surface area contributed by atoms with Crippen LogP contribution in [0.2, 0.25) is 0 Å². The van der Waals surface area contributed by atoms with Crippen LogP contribution in [-0.2, 0) is 0 Å². The van der Waals surface area contributed by atoms with Gasteiger partial charge in [-0.2, -0.15) is 0 Å². The summed E-state index contributed by atoms with van der Waals surface area (Å²) in [5, 5.41) is 9.09. The number of aliphatic hydroxyl groups is 1. The molecule has 1 aliphatic heterocycles. The molecule has 1 unspecified atom stereocenters. The first-order chi connectivity index (χ1) is 6.40. The molecule has 1 atom stereocenters. The summed E-state index contributed by atoms with van der Waals surface area (Å²) in [6.45, 7) is 2.91. The molecule has 2 rings (SSSR count). The molecule has 2 fully saturated rings. The lowest BCUT2D eigenvalue weighted by Crippen LogP contribution is -2.40. The van der Waals surface area contributed by atoms with E-state index in [1.54, 1.807) is 0 Å². The van der Waals surface area contributed by atoms with Gasteiger partial charge in [0.25, 0.3) is 0 Å². The van der Waals surface area contributed by atoms with E-state index in [-0.39, 0.29) is 0 Å². The van der Waals surface area contributed by atoms with Crippen LogP contribution in [0.3, 0.4) is 0 Å². The lowest BCUT2D eigenvalue weighted by Gasteiger charge is -2.36. The highest BCUT2D eigenvalue weighted by Gasteiger charge is 2.26. The maximum Gasteiger partial charge on any atom is 0.0459 e. The molecule has 76 valence electrons. The van der Waals surface area contributed by atoms with Crippen molar-refractivity contribution in [3.63, 3.8) is 0 Å². The minimum atomic E-state index is 0.401. The summed E-state index contributed by atoms with van der Waals surface area (Å²) in [7, 11) is 0. The fourth-order valence-corrected chi connectivity index (χ4v) is 2.49. The molecular weight excluding hydrogens is 162 g/mol. The zero-order valence-electron chi connectivity index (χ0n) is 8.41. The number of likely N-dealkylation sites (tertiary alicyclic amines) is 1. The van der Waals surface area contributed by atoms with Gasteiger partial charge in [0.05, 0.1) is 0 Å². The first-order valence-electron chi connectivity index (χ1n) is 5.75. The van der Waals surface area contributed by atoms with Crippen LogP contribution >= 0.6 is 0 Å². The molecule has 1 saturated carbocycles. The quantitative estimate of drug-likeness (QED) is 0.703. The molecule has 1 aliphatic carbocycles. The van der Waals surface area contributed by atoms with E-state index >= 15 is 0 Å². The molecule has 13 heavy (non-hydrogen) atoms. The highest BCUT2D eigenvalue weighted by molar-refractivity contribution is 4.82. The van der Waals surface area contributed by atoms with Crippen molar-refractivity contribution in [1.82, 2.24) is 4.90 Å². The first-order valence-corrected chi connectivity index (χ1v) is 5.75. The molecule has 1 heterocycles. The summed E-state index contributed by atoms with van der Waals surface area (Å²) in [6.07, 6.45) is 8.02. The molecule has 0 aromatic carbocycles. The van der Waals surface area contributed by atoms with Crippen molar-refractivity contribution in [2.24, 2.45) is 5.92 Å². The highest BCUT2D eigenvalue weighted by Crippen LogP contribution is 2.28. The van der Waals surface area contributed by atoms with Crippen molar-refractivity contribution < 1.29 is 5.11 Å². The van der Waals surface area contributed by atoms with Gasteiger partial charge in [-0.15, -0.1) is 0 Å². The van der Waals surface area contributed by atoms with E-state index in [1.165, 1.54) is 51.6 Å². The third-order valence-electron chi connectivity index (χ3n) is 3.73. The summed E-state index contributed by atoms with van der Waals surface area (Å²) in [5.41, 5.74) is 0. The SMILES string of the molecule is OCC1CCCN(C2CCC2)CC1. The molecule has 0 spiro atoms. The number of hydrogen-bond donors (Lipinski definition) is 1. The average molecular weight is 183 g/mol. The predicted molar refractivity (Wildman–Crippen MR) is 53.6 cm³/mol. The van der Waals surface area contributed by atoms with Gasteiger partial charge in [-0.25, -0.2) is 0 Å². The van der Waals surface area contributed by atoms with Gasteiger partial charge in [0.1, 0.15) is 0 Å². The third kappa shape index (κ3) is 2.23. The van der Waals surface area contributed by atoms with Crippen molar-refractivity contribution >= 4 is 0 Å². The van der Waals surface area contributed by atoms with Crippen LogP contribution in [-0.4, -0.2) is 35.7 Å². The van der Waals surface area contributed by atoms with Gasteiger partial charge >= 0.3 is 0 Å². The maximum atomic E-state index is 9.09. The summed E-state index contributed by atoms with van der Waals surface area (Å²) in [4.78, 5) is 2.65. The third-order valence-corrected chi connectivity index (χ3v) is 3.73. The Morgan fingerprint density at radius 2 is 1.85 bits per heavy atom. The second kappa shape index (κ2) is 4.43. The second-order valence-corrected chi connectivity index (χ2v) is 4.60. The van der Waals surface area contributed by atoms with E-state index in [1.807, 2.05) is 0 Å². The van der Waals surface area contributed by atoms with Crippen molar-refractivity contribution in [1.29, 1.82) is 0 Å². The molecule has 0 aromatic heterocycles. The summed E-state index contributed by atoms with van der Waals surface area (Å²) >= 11 is 0. The molecule has 2 heteroatoms. The number of nitrogens with zero attached hydrogens (tertiary/aromatic N) is 1. The van der Waals surface area contributed by atoms with Crippen LogP contribution in [0.5, 0.6) is 0 Å². The van der Waals surface area contributed by atoms with Crippen LogP contribution in [0.1, 0.15) is 38.5 Å². The van der Waals surface area contributed by atoms with Gasteiger partial charge in [-0.05, 0) is 51.1 Å². The summed E-state index contributed by atoms with van der Waals surface area (Å²) in [6, 6.07) is 0.900. The van der Waals surface area contributed by atoms with Crippen LogP contribution in [0.4, 0.5) is 0 Å². The van der Waals surface area contributed by atoms with E-state index in [4.69, 9.17) is 5.11 Å². The Hall–Kier alpha value is -0.0800. The second-order valence-electron chi connectivity index (χ2n) is 4.60. The minimum absolute atomic E-state index is 0.401. The Morgan fingerprint density at radius 1 is 1.00 bits per heavy atom. The zero-order chi connectivity index (χ0) is 9.10. The van der Waals surface area contributed by atoms with E-state index in [0.717, 1.165) is 6.04 Å². The molecule has 0 bridgehead atoms. The van der Waals surface area contributed by atoms with Gasteiger partial charge in [0.15, 0.2) is 0 Å². The Bertz CT molecular complexity index is 156. The monoisotopic (exact) mass is 183 g/mol. The van der Waals surface area contributed by atoms with Gasteiger partial charge in [-0.1, -0.05) is 6.42 Å². The molecule has 2 aliphatic rings. The van der Waals surface area contributed by atoms with E-state index in [0.29, 0.717) is 12.5 Å². The molecule has 0 radical (unpaired) electrons. The molecule has 1 N–H and O–H groups in total. The van der Waals surface area contributed by atoms with Gasteiger partial charge in [0.2, 0.25) is 0 Å². The van der Waals surface area contributed by atoms with Crippen molar-refractivity contribution in [3.8, 4) is 0 Å². The molecular formula is C11H21NO. The van der Waals surface area contributed by atoms with Crippen molar-refractivity contribution in [2.45, 2.75) is 44.6 Å². The normalized spacial score (nSPS) is 32.5. The fourth-order valence-electron chi connectivity index (χ4n) is 2.49. The Kier molecular flexibility index (Phi) is 3.23. The van der Waals surface area contributed by atoms with Crippen LogP contribution in [0.25, 0.3) is 0 Å².